The molecule has 1 fully saturated rings. The fourth-order valence-corrected chi connectivity index (χ4v) is 4.65. The first-order chi connectivity index (χ1) is 15.3. The summed E-state index contributed by atoms with van der Waals surface area (Å²) in [5, 5.41) is 3.04. The lowest BCUT2D eigenvalue weighted by Gasteiger charge is -2.32. The number of benzene rings is 2. The molecule has 0 aliphatic carbocycles. The summed E-state index contributed by atoms with van der Waals surface area (Å²) >= 11 is 0. The van der Waals surface area contributed by atoms with Gasteiger partial charge in [-0.1, -0.05) is 30.3 Å². The Labute approximate surface area is 188 Å². The van der Waals surface area contributed by atoms with Gasteiger partial charge < -0.3 is 10.2 Å². The number of aryl methyl sites for hydroxylation is 1. The van der Waals surface area contributed by atoms with Crippen LogP contribution < -0.4 is 10.0 Å². The van der Waals surface area contributed by atoms with Gasteiger partial charge in [0.25, 0.3) is 0 Å². The van der Waals surface area contributed by atoms with E-state index in [1.165, 1.54) is 12.1 Å². The zero-order valence-corrected chi connectivity index (χ0v) is 18.6. The molecule has 0 aromatic heterocycles. The van der Waals surface area contributed by atoms with Gasteiger partial charge in [0.1, 0.15) is 5.82 Å². The predicted molar refractivity (Wildman–Crippen MR) is 119 cm³/mol. The Morgan fingerprint density at radius 2 is 1.62 bits per heavy atom. The third kappa shape index (κ3) is 7.13. The van der Waals surface area contributed by atoms with Crippen molar-refractivity contribution in [2.45, 2.75) is 43.0 Å². The first-order valence-electron chi connectivity index (χ1n) is 10.7. The standard InChI is InChI=1S/C23H28FN3O4S/c24-19-7-9-21(10-8-19)32(30,31)25-15-12-23(29)27-16-13-20(14-17-27)26-22(28)11-6-18-4-2-1-3-5-18/h1-5,7-10,20,25H,6,11-17H2,(H,26,28). The molecule has 2 aromatic rings. The van der Waals surface area contributed by atoms with E-state index in [9.17, 15) is 22.4 Å². The van der Waals surface area contributed by atoms with Crippen LogP contribution in [0.2, 0.25) is 0 Å². The summed E-state index contributed by atoms with van der Waals surface area (Å²) in [6, 6.07) is 14.4. The lowest BCUT2D eigenvalue weighted by molar-refractivity contribution is -0.132. The average molecular weight is 462 g/mol. The highest BCUT2D eigenvalue weighted by atomic mass is 32.2. The van der Waals surface area contributed by atoms with Crippen molar-refractivity contribution < 1.29 is 22.4 Å². The summed E-state index contributed by atoms with van der Waals surface area (Å²) in [7, 11) is -3.79. The lowest BCUT2D eigenvalue weighted by Crippen LogP contribution is -2.47. The van der Waals surface area contributed by atoms with E-state index in [-0.39, 0.29) is 35.7 Å². The van der Waals surface area contributed by atoms with E-state index in [4.69, 9.17) is 0 Å². The summed E-state index contributed by atoms with van der Waals surface area (Å²) < 4.78 is 39.7. The summed E-state index contributed by atoms with van der Waals surface area (Å²) in [4.78, 5) is 26.2. The molecule has 0 bridgehead atoms. The number of piperidine rings is 1. The van der Waals surface area contributed by atoms with Crippen molar-refractivity contribution in [3.8, 4) is 0 Å². The first kappa shape index (κ1) is 23.9. The highest BCUT2D eigenvalue weighted by molar-refractivity contribution is 7.89. The molecule has 0 radical (unpaired) electrons. The van der Waals surface area contributed by atoms with Crippen LogP contribution >= 0.6 is 0 Å². The number of nitrogens with zero attached hydrogens (tertiary/aromatic N) is 1. The van der Waals surface area contributed by atoms with Crippen LogP contribution in [0.1, 0.15) is 31.2 Å². The molecule has 1 aliphatic rings. The SMILES string of the molecule is O=C(CCc1ccccc1)NC1CCN(C(=O)CCNS(=O)(=O)c2ccc(F)cc2)CC1. The molecule has 3 rings (SSSR count). The molecular formula is C23H28FN3O4S. The Balaban J connectivity index is 1.35. The second kappa shape index (κ2) is 11.2. The van der Waals surface area contributed by atoms with Crippen molar-refractivity contribution >= 4 is 21.8 Å². The molecule has 1 saturated heterocycles. The second-order valence-electron chi connectivity index (χ2n) is 7.81. The van der Waals surface area contributed by atoms with Crippen LogP contribution in [0.3, 0.4) is 0 Å². The van der Waals surface area contributed by atoms with E-state index >= 15 is 0 Å². The minimum atomic E-state index is -3.79. The number of likely N-dealkylation sites (tertiary alicyclic amines) is 1. The Kier molecular flexibility index (Phi) is 8.35. The van der Waals surface area contributed by atoms with Crippen LogP contribution in [0, 0.1) is 5.82 Å². The van der Waals surface area contributed by atoms with E-state index in [1.54, 1.807) is 4.90 Å². The topological polar surface area (TPSA) is 95.6 Å². The summed E-state index contributed by atoms with van der Waals surface area (Å²) in [5.74, 6) is -0.649. The van der Waals surface area contributed by atoms with Crippen molar-refractivity contribution in [2.75, 3.05) is 19.6 Å². The molecule has 172 valence electrons. The molecule has 0 saturated carbocycles. The van der Waals surface area contributed by atoms with Crippen LogP contribution in [0.4, 0.5) is 4.39 Å². The van der Waals surface area contributed by atoms with Crippen molar-refractivity contribution in [3.05, 3.63) is 66.0 Å². The number of rotatable bonds is 9. The number of halogens is 1. The highest BCUT2D eigenvalue weighted by Gasteiger charge is 2.24. The van der Waals surface area contributed by atoms with Gasteiger partial charge in [0.2, 0.25) is 21.8 Å². The van der Waals surface area contributed by atoms with Crippen LogP contribution in [-0.4, -0.2) is 50.8 Å². The van der Waals surface area contributed by atoms with Gasteiger partial charge in [-0.3, -0.25) is 9.59 Å². The molecule has 2 amide bonds. The van der Waals surface area contributed by atoms with Gasteiger partial charge in [0.05, 0.1) is 4.90 Å². The van der Waals surface area contributed by atoms with Crippen LogP contribution in [-0.2, 0) is 26.0 Å². The van der Waals surface area contributed by atoms with Gasteiger partial charge in [-0.2, -0.15) is 0 Å². The molecule has 7 nitrogen and oxygen atoms in total. The van der Waals surface area contributed by atoms with Gasteiger partial charge in [0, 0.05) is 38.5 Å². The normalized spacial score (nSPS) is 14.8. The number of hydrogen-bond donors (Lipinski definition) is 2. The molecule has 0 unspecified atom stereocenters. The molecule has 0 spiro atoms. The van der Waals surface area contributed by atoms with E-state index < -0.39 is 15.8 Å². The smallest absolute Gasteiger partial charge is 0.240 e. The summed E-state index contributed by atoms with van der Waals surface area (Å²) in [6.45, 7) is 1.01. The van der Waals surface area contributed by atoms with Gasteiger partial charge in [-0.05, 0) is 49.1 Å². The molecule has 1 aliphatic heterocycles. The van der Waals surface area contributed by atoms with Crippen molar-refractivity contribution in [2.24, 2.45) is 0 Å². The van der Waals surface area contributed by atoms with Crippen molar-refractivity contribution in [1.29, 1.82) is 0 Å². The summed E-state index contributed by atoms with van der Waals surface area (Å²) in [6.07, 6.45) is 2.50. The fraction of sp³-hybridized carbons (Fsp3) is 0.391. The summed E-state index contributed by atoms with van der Waals surface area (Å²) in [5.41, 5.74) is 1.12. The molecule has 1 heterocycles. The van der Waals surface area contributed by atoms with E-state index in [0.717, 1.165) is 17.7 Å². The highest BCUT2D eigenvalue weighted by Crippen LogP contribution is 2.13. The minimum absolute atomic E-state index is 0.00818. The molecule has 9 heteroatoms. The molecule has 32 heavy (non-hydrogen) atoms. The first-order valence-corrected chi connectivity index (χ1v) is 12.2. The van der Waals surface area contributed by atoms with Crippen LogP contribution in [0.5, 0.6) is 0 Å². The third-order valence-electron chi connectivity index (χ3n) is 5.45. The zero-order chi connectivity index (χ0) is 23.0. The number of carbonyl (C=O) groups is 2. The monoisotopic (exact) mass is 461 g/mol. The number of nitrogens with one attached hydrogen (secondary N) is 2. The Bertz CT molecular complexity index is 1010. The fourth-order valence-electron chi connectivity index (χ4n) is 3.62. The minimum Gasteiger partial charge on any atom is -0.353 e. The van der Waals surface area contributed by atoms with E-state index in [2.05, 4.69) is 10.0 Å². The average Bonchev–Trinajstić information content (AvgIpc) is 2.79. The van der Waals surface area contributed by atoms with Gasteiger partial charge >= 0.3 is 0 Å². The van der Waals surface area contributed by atoms with Gasteiger partial charge in [-0.25, -0.2) is 17.5 Å². The van der Waals surface area contributed by atoms with Gasteiger partial charge in [-0.15, -0.1) is 0 Å². The number of carbonyl (C=O) groups excluding carboxylic acids is 2. The second-order valence-corrected chi connectivity index (χ2v) is 9.58. The Morgan fingerprint density at radius 1 is 0.969 bits per heavy atom. The number of hydrogen-bond acceptors (Lipinski definition) is 4. The van der Waals surface area contributed by atoms with E-state index in [1.807, 2.05) is 30.3 Å². The van der Waals surface area contributed by atoms with Crippen LogP contribution in [0.15, 0.2) is 59.5 Å². The van der Waals surface area contributed by atoms with Crippen molar-refractivity contribution in [1.82, 2.24) is 14.9 Å². The number of sulfonamides is 1. The predicted octanol–water partition coefficient (Wildman–Crippen LogP) is 2.23. The molecule has 2 N–H and O–H groups in total. The van der Waals surface area contributed by atoms with E-state index in [0.29, 0.717) is 38.8 Å². The maximum atomic E-state index is 13.0. The largest absolute Gasteiger partial charge is 0.353 e. The number of amides is 2. The molecular weight excluding hydrogens is 433 g/mol. The third-order valence-corrected chi connectivity index (χ3v) is 6.93. The maximum Gasteiger partial charge on any atom is 0.240 e. The zero-order valence-electron chi connectivity index (χ0n) is 17.8. The molecule has 0 atom stereocenters. The lowest BCUT2D eigenvalue weighted by atomic mass is 10.0. The Hall–Kier alpha value is -2.78. The quantitative estimate of drug-likeness (QED) is 0.599. The van der Waals surface area contributed by atoms with Gasteiger partial charge in [0.15, 0.2) is 0 Å². The van der Waals surface area contributed by atoms with Crippen molar-refractivity contribution in [3.63, 3.8) is 0 Å². The molecule has 2 aromatic carbocycles. The Morgan fingerprint density at radius 3 is 2.28 bits per heavy atom. The van der Waals surface area contributed by atoms with Crippen LogP contribution in [0.25, 0.3) is 0 Å². The maximum absolute atomic E-state index is 13.0.